The largest absolute Gasteiger partial charge is 0.496 e. The first-order valence-corrected chi connectivity index (χ1v) is 6.81. The second kappa shape index (κ2) is 4.78. The first kappa shape index (κ1) is 11.8. The quantitative estimate of drug-likeness (QED) is 0.915. The molecular weight excluding hydrogens is 294 g/mol. The first-order valence-electron chi connectivity index (χ1n) is 6.02. The van der Waals surface area contributed by atoms with E-state index in [1.54, 1.807) is 0 Å². The minimum Gasteiger partial charge on any atom is -0.496 e. The summed E-state index contributed by atoms with van der Waals surface area (Å²) in [7, 11) is 0. The van der Waals surface area contributed by atoms with Gasteiger partial charge < -0.3 is 14.9 Å². The monoisotopic (exact) mass is 307 g/mol. The third-order valence-electron chi connectivity index (χ3n) is 3.09. The zero-order valence-corrected chi connectivity index (χ0v) is 11.4. The molecule has 2 N–H and O–H groups in total. The van der Waals surface area contributed by atoms with Gasteiger partial charge in [0.15, 0.2) is 0 Å². The number of benzene rings is 1. The summed E-state index contributed by atoms with van der Waals surface area (Å²) in [5, 5.41) is 1.05. The van der Waals surface area contributed by atoms with Crippen LogP contribution in [0.2, 0.25) is 0 Å². The number of ether oxygens (including phenoxy) is 1. The van der Waals surface area contributed by atoms with Crippen molar-refractivity contribution >= 4 is 26.9 Å². The maximum atomic E-state index is 6.18. The van der Waals surface area contributed by atoms with E-state index in [2.05, 4.69) is 22.0 Å². The summed E-state index contributed by atoms with van der Waals surface area (Å²) in [6.45, 7) is 0.740. The Morgan fingerprint density at radius 2 is 2.22 bits per heavy atom. The Morgan fingerprint density at radius 1 is 1.33 bits per heavy atom. The molecular formula is C14H14BrNO2. The summed E-state index contributed by atoms with van der Waals surface area (Å²) >= 11 is 3.47. The van der Waals surface area contributed by atoms with Gasteiger partial charge >= 0.3 is 0 Å². The van der Waals surface area contributed by atoms with Gasteiger partial charge in [0.05, 0.1) is 11.1 Å². The van der Waals surface area contributed by atoms with Gasteiger partial charge in [-0.2, -0.15) is 0 Å². The lowest BCUT2D eigenvalue weighted by atomic mass is 10.1. The molecule has 94 valence electrons. The van der Waals surface area contributed by atoms with Crippen LogP contribution in [0, 0.1) is 0 Å². The summed E-state index contributed by atoms with van der Waals surface area (Å²) < 4.78 is 12.3. The molecule has 0 aliphatic carbocycles. The number of rotatable bonds is 2. The Hall–Kier alpha value is -1.26. The number of fused-ring (bicyclic) bond motifs is 1. The number of halogens is 1. The van der Waals surface area contributed by atoms with Crippen molar-refractivity contribution < 1.29 is 9.15 Å². The molecule has 0 saturated carbocycles. The Kier molecular flexibility index (Phi) is 3.14. The molecule has 1 aromatic carbocycles. The summed E-state index contributed by atoms with van der Waals surface area (Å²) in [6.07, 6.45) is 4.13. The fourth-order valence-corrected chi connectivity index (χ4v) is 2.60. The highest BCUT2D eigenvalue weighted by Gasteiger charge is 2.20. The van der Waals surface area contributed by atoms with Crippen molar-refractivity contribution in [2.24, 2.45) is 5.73 Å². The third kappa shape index (κ3) is 2.06. The van der Waals surface area contributed by atoms with Gasteiger partial charge in [-0.3, -0.25) is 0 Å². The SMILES string of the molecule is NC(C1=CCCCO1)c1cc2cccc(Br)c2o1. The van der Waals surface area contributed by atoms with E-state index in [9.17, 15) is 0 Å². The van der Waals surface area contributed by atoms with Crippen LogP contribution in [-0.2, 0) is 4.74 Å². The average molecular weight is 308 g/mol. The number of nitrogens with two attached hydrogens (primary N) is 1. The molecule has 3 nitrogen and oxygen atoms in total. The summed E-state index contributed by atoms with van der Waals surface area (Å²) in [6, 6.07) is 7.61. The number of hydrogen-bond donors (Lipinski definition) is 1. The second-order valence-electron chi connectivity index (χ2n) is 4.38. The Bertz CT molecular complexity index is 603. The van der Waals surface area contributed by atoms with Gasteiger partial charge in [0.2, 0.25) is 0 Å². The molecule has 0 amide bonds. The van der Waals surface area contributed by atoms with E-state index in [0.717, 1.165) is 46.4 Å². The molecule has 1 atom stereocenters. The van der Waals surface area contributed by atoms with Crippen LogP contribution >= 0.6 is 15.9 Å². The average Bonchev–Trinajstić information content (AvgIpc) is 2.84. The highest BCUT2D eigenvalue weighted by molar-refractivity contribution is 9.10. The minimum absolute atomic E-state index is 0.315. The predicted octanol–water partition coefficient (Wildman–Crippen LogP) is 3.89. The fraction of sp³-hybridized carbons (Fsp3) is 0.286. The van der Waals surface area contributed by atoms with E-state index in [1.807, 2.05) is 24.3 Å². The lowest BCUT2D eigenvalue weighted by Gasteiger charge is -2.18. The van der Waals surface area contributed by atoms with Crippen molar-refractivity contribution in [3.8, 4) is 0 Å². The van der Waals surface area contributed by atoms with Gasteiger partial charge in [0, 0.05) is 5.39 Å². The molecule has 0 spiro atoms. The lowest BCUT2D eigenvalue weighted by Crippen LogP contribution is -2.17. The standard InChI is InChI=1S/C14H14BrNO2/c15-10-5-3-4-9-8-12(18-14(9)10)13(16)11-6-1-2-7-17-11/h3-6,8,13H,1-2,7,16H2. The van der Waals surface area contributed by atoms with Crippen molar-refractivity contribution in [2.75, 3.05) is 6.61 Å². The highest BCUT2D eigenvalue weighted by Crippen LogP contribution is 2.32. The van der Waals surface area contributed by atoms with Crippen LogP contribution in [0.5, 0.6) is 0 Å². The minimum atomic E-state index is -0.315. The van der Waals surface area contributed by atoms with E-state index < -0.39 is 0 Å². The Morgan fingerprint density at radius 3 is 2.94 bits per heavy atom. The Balaban J connectivity index is 1.99. The van der Waals surface area contributed by atoms with E-state index in [1.165, 1.54) is 0 Å². The first-order chi connectivity index (χ1) is 8.75. The normalized spacial score (nSPS) is 17.3. The Labute approximate surface area is 114 Å². The topological polar surface area (TPSA) is 48.4 Å². The fourth-order valence-electron chi connectivity index (χ4n) is 2.13. The van der Waals surface area contributed by atoms with Crippen LogP contribution < -0.4 is 5.73 Å². The van der Waals surface area contributed by atoms with Gasteiger partial charge in [0.1, 0.15) is 23.1 Å². The molecule has 0 radical (unpaired) electrons. The third-order valence-corrected chi connectivity index (χ3v) is 3.72. The van der Waals surface area contributed by atoms with Gasteiger partial charge in [0.25, 0.3) is 0 Å². The zero-order valence-electron chi connectivity index (χ0n) is 9.86. The molecule has 18 heavy (non-hydrogen) atoms. The number of allylic oxidation sites excluding steroid dienone is 1. The maximum Gasteiger partial charge on any atom is 0.148 e. The molecule has 1 aliphatic heterocycles. The van der Waals surface area contributed by atoms with Crippen LogP contribution in [0.1, 0.15) is 24.6 Å². The molecule has 0 fully saturated rings. The van der Waals surface area contributed by atoms with E-state index in [-0.39, 0.29) is 6.04 Å². The van der Waals surface area contributed by atoms with E-state index in [4.69, 9.17) is 14.9 Å². The molecule has 0 bridgehead atoms. The van der Waals surface area contributed by atoms with Crippen LogP contribution in [0.25, 0.3) is 11.0 Å². The number of furan rings is 1. The van der Waals surface area contributed by atoms with E-state index in [0.29, 0.717) is 0 Å². The summed E-state index contributed by atoms with van der Waals surface area (Å²) in [5.41, 5.74) is 7.01. The van der Waals surface area contributed by atoms with Crippen molar-refractivity contribution in [1.29, 1.82) is 0 Å². The van der Waals surface area contributed by atoms with Crippen LogP contribution in [0.4, 0.5) is 0 Å². The summed E-state index contributed by atoms with van der Waals surface area (Å²) in [5.74, 6) is 1.56. The molecule has 2 heterocycles. The van der Waals surface area contributed by atoms with Gasteiger partial charge in [-0.05, 0) is 47.0 Å². The van der Waals surface area contributed by atoms with Crippen molar-refractivity contribution in [3.63, 3.8) is 0 Å². The smallest absolute Gasteiger partial charge is 0.148 e. The molecule has 0 saturated heterocycles. The van der Waals surface area contributed by atoms with E-state index >= 15 is 0 Å². The molecule has 3 rings (SSSR count). The van der Waals surface area contributed by atoms with Crippen LogP contribution in [-0.4, -0.2) is 6.61 Å². The number of hydrogen-bond acceptors (Lipinski definition) is 3. The zero-order chi connectivity index (χ0) is 12.5. The van der Waals surface area contributed by atoms with Gasteiger partial charge in [-0.15, -0.1) is 0 Å². The molecule has 1 aliphatic rings. The summed E-state index contributed by atoms with van der Waals surface area (Å²) in [4.78, 5) is 0. The van der Waals surface area contributed by atoms with Gasteiger partial charge in [-0.25, -0.2) is 0 Å². The molecule has 1 aromatic heterocycles. The molecule has 1 unspecified atom stereocenters. The highest BCUT2D eigenvalue weighted by atomic mass is 79.9. The molecule has 4 heteroatoms. The van der Waals surface area contributed by atoms with Crippen molar-refractivity contribution in [3.05, 3.63) is 46.3 Å². The molecule has 2 aromatic rings. The van der Waals surface area contributed by atoms with Crippen molar-refractivity contribution in [2.45, 2.75) is 18.9 Å². The number of para-hydroxylation sites is 1. The van der Waals surface area contributed by atoms with Crippen molar-refractivity contribution in [1.82, 2.24) is 0 Å². The lowest BCUT2D eigenvalue weighted by molar-refractivity contribution is 0.171. The van der Waals surface area contributed by atoms with Crippen LogP contribution in [0.15, 0.2) is 45.0 Å². The predicted molar refractivity (Wildman–Crippen MR) is 74.1 cm³/mol. The maximum absolute atomic E-state index is 6.18. The van der Waals surface area contributed by atoms with Crippen LogP contribution in [0.3, 0.4) is 0 Å². The second-order valence-corrected chi connectivity index (χ2v) is 5.24. The van der Waals surface area contributed by atoms with Gasteiger partial charge in [-0.1, -0.05) is 12.1 Å².